The lowest BCUT2D eigenvalue weighted by Gasteiger charge is -2.12. The van der Waals surface area contributed by atoms with Crippen LogP contribution in [0.1, 0.15) is 16.8 Å². The Labute approximate surface area is 124 Å². The van der Waals surface area contributed by atoms with E-state index in [2.05, 4.69) is 9.97 Å². The van der Waals surface area contributed by atoms with Crippen LogP contribution in [-0.4, -0.2) is 19.1 Å². The zero-order valence-corrected chi connectivity index (χ0v) is 11.7. The molecule has 22 heavy (non-hydrogen) atoms. The Morgan fingerprint density at radius 2 is 2.00 bits per heavy atom. The third-order valence-electron chi connectivity index (χ3n) is 3.36. The van der Waals surface area contributed by atoms with Crippen molar-refractivity contribution in [1.82, 2.24) is 19.1 Å². The van der Waals surface area contributed by atoms with Gasteiger partial charge >= 0.3 is 6.18 Å². The third kappa shape index (κ3) is 2.88. The van der Waals surface area contributed by atoms with Crippen LogP contribution in [0.4, 0.5) is 13.2 Å². The van der Waals surface area contributed by atoms with Gasteiger partial charge in [0.05, 0.1) is 30.5 Å². The minimum atomic E-state index is -4.36. The van der Waals surface area contributed by atoms with Crippen LogP contribution < -0.4 is 0 Å². The molecule has 0 saturated heterocycles. The van der Waals surface area contributed by atoms with E-state index in [0.717, 1.165) is 11.8 Å². The first kappa shape index (κ1) is 14.4. The number of hydrogen-bond acceptors (Lipinski definition) is 2. The molecule has 0 spiro atoms. The quantitative estimate of drug-likeness (QED) is 0.743. The minimum absolute atomic E-state index is 0.204. The van der Waals surface area contributed by atoms with E-state index < -0.39 is 11.7 Å². The highest BCUT2D eigenvalue weighted by Gasteiger charge is 2.32. The van der Waals surface area contributed by atoms with Crippen LogP contribution in [-0.2, 0) is 12.7 Å². The van der Waals surface area contributed by atoms with Gasteiger partial charge in [-0.25, -0.2) is 9.97 Å². The Balaban J connectivity index is 1.90. The number of halogens is 3. The first-order chi connectivity index (χ1) is 10.4. The summed E-state index contributed by atoms with van der Waals surface area (Å²) in [5.41, 5.74) is 0.749. The zero-order chi connectivity index (χ0) is 15.7. The van der Waals surface area contributed by atoms with Gasteiger partial charge in [0, 0.05) is 24.3 Å². The highest BCUT2D eigenvalue weighted by atomic mass is 19.4. The number of alkyl halides is 3. The first-order valence-electron chi connectivity index (χ1n) is 6.60. The molecule has 114 valence electrons. The van der Waals surface area contributed by atoms with Gasteiger partial charge < -0.3 is 9.13 Å². The molecule has 7 heteroatoms. The van der Waals surface area contributed by atoms with E-state index in [1.54, 1.807) is 35.6 Å². The summed E-state index contributed by atoms with van der Waals surface area (Å²) in [6.07, 6.45) is 3.98. The Morgan fingerprint density at radius 1 is 1.18 bits per heavy atom. The van der Waals surface area contributed by atoms with Gasteiger partial charge in [-0.05, 0) is 24.6 Å². The van der Waals surface area contributed by atoms with Gasteiger partial charge in [0.25, 0.3) is 0 Å². The average Bonchev–Trinajstić information content (AvgIpc) is 3.10. The van der Waals surface area contributed by atoms with E-state index in [1.807, 2.05) is 4.57 Å². The fraction of sp³-hybridized carbons (Fsp3) is 0.200. The fourth-order valence-electron chi connectivity index (χ4n) is 2.23. The van der Waals surface area contributed by atoms with Crippen molar-refractivity contribution >= 4 is 0 Å². The van der Waals surface area contributed by atoms with Crippen molar-refractivity contribution in [2.24, 2.45) is 0 Å². The van der Waals surface area contributed by atoms with Crippen molar-refractivity contribution in [3.63, 3.8) is 0 Å². The fourth-order valence-corrected chi connectivity index (χ4v) is 2.23. The maximum Gasteiger partial charge on any atom is 0.416 e. The van der Waals surface area contributed by atoms with Crippen molar-refractivity contribution in [2.75, 3.05) is 0 Å². The average molecular weight is 306 g/mol. The topological polar surface area (TPSA) is 35.6 Å². The van der Waals surface area contributed by atoms with E-state index in [4.69, 9.17) is 0 Å². The third-order valence-corrected chi connectivity index (χ3v) is 3.36. The summed E-state index contributed by atoms with van der Waals surface area (Å²) in [4.78, 5) is 8.15. The van der Waals surface area contributed by atoms with Crippen LogP contribution in [0.5, 0.6) is 0 Å². The summed E-state index contributed by atoms with van der Waals surface area (Å²) in [6.45, 7) is 1.97. The number of rotatable bonds is 3. The van der Waals surface area contributed by atoms with Crippen LogP contribution in [0.25, 0.3) is 5.69 Å². The summed E-state index contributed by atoms with van der Waals surface area (Å²) in [7, 11) is 0. The van der Waals surface area contributed by atoms with Gasteiger partial charge in [0.1, 0.15) is 0 Å². The van der Waals surface area contributed by atoms with Gasteiger partial charge in [0.2, 0.25) is 0 Å². The molecule has 4 nitrogen and oxygen atoms in total. The van der Waals surface area contributed by atoms with Gasteiger partial charge in [0.15, 0.2) is 0 Å². The van der Waals surface area contributed by atoms with E-state index in [0.29, 0.717) is 12.2 Å². The number of aryl methyl sites for hydroxylation is 1. The van der Waals surface area contributed by atoms with Crippen molar-refractivity contribution < 1.29 is 13.2 Å². The largest absolute Gasteiger partial charge is 0.416 e. The SMILES string of the molecule is Cc1ccc(-n2cnc(Cn3ccnc3)c2)cc1C(F)(F)F. The smallest absolute Gasteiger partial charge is 0.331 e. The maximum absolute atomic E-state index is 13.0. The van der Waals surface area contributed by atoms with Crippen molar-refractivity contribution in [3.05, 3.63) is 66.3 Å². The van der Waals surface area contributed by atoms with E-state index in [1.165, 1.54) is 19.3 Å². The molecule has 0 unspecified atom stereocenters. The molecule has 0 bridgehead atoms. The number of benzene rings is 1. The summed E-state index contributed by atoms with van der Waals surface area (Å²) < 4.78 is 42.3. The molecule has 0 fully saturated rings. The molecule has 3 rings (SSSR count). The maximum atomic E-state index is 13.0. The van der Waals surface area contributed by atoms with Gasteiger partial charge in [-0.15, -0.1) is 0 Å². The summed E-state index contributed by atoms with van der Waals surface area (Å²) in [5, 5.41) is 0. The molecule has 0 radical (unpaired) electrons. The van der Waals surface area contributed by atoms with Crippen LogP contribution in [0.15, 0.2) is 49.4 Å². The highest BCUT2D eigenvalue weighted by molar-refractivity contribution is 5.41. The monoisotopic (exact) mass is 306 g/mol. The summed E-state index contributed by atoms with van der Waals surface area (Å²) in [6, 6.07) is 4.25. The van der Waals surface area contributed by atoms with Crippen LogP contribution >= 0.6 is 0 Å². The second-order valence-corrected chi connectivity index (χ2v) is 5.00. The molecule has 1 aromatic carbocycles. The van der Waals surface area contributed by atoms with E-state index in [-0.39, 0.29) is 5.56 Å². The van der Waals surface area contributed by atoms with Crippen molar-refractivity contribution in [2.45, 2.75) is 19.6 Å². The molecule has 2 heterocycles. The molecule has 0 atom stereocenters. The molecule has 0 aliphatic heterocycles. The summed E-state index contributed by atoms with van der Waals surface area (Å²) >= 11 is 0. The summed E-state index contributed by atoms with van der Waals surface area (Å²) in [5.74, 6) is 0. The highest BCUT2D eigenvalue weighted by Crippen LogP contribution is 2.33. The number of imidazole rings is 2. The molecule has 2 aromatic heterocycles. The van der Waals surface area contributed by atoms with Gasteiger partial charge in [-0.2, -0.15) is 13.2 Å². The van der Waals surface area contributed by atoms with E-state index in [9.17, 15) is 13.2 Å². The molecule has 0 saturated carbocycles. The normalized spacial score (nSPS) is 11.8. The van der Waals surface area contributed by atoms with Crippen LogP contribution in [0, 0.1) is 6.92 Å². The van der Waals surface area contributed by atoms with Crippen molar-refractivity contribution in [1.29, 1.82) is 0 Å². The van der Waals surface area contributed by atoms with E-state index >= 15 is 0 Å². The van der Waals surface area contributed by atoms with Crippen LogP contribution in [0.3, 0.4) is 0 Å². The molecule has 3 aromatic rings. The zero-order valence-electron chi connectivity index (χ0n) is 11.7. The second-order valence-electron chi connectivity index (χ2n) is 5.00. The molecule has 0 N–H and O–H groups in total. The lowest BCUT2D eigenvalue weighted by Crippen LogP contribution is -2.08. The molecular weight excluding hydrogens is 293 g/mol. The van der Waals surface area contributed by atoms with Gasteiger partial charge in [-0.1, -0.05) is 6.07 Å². The predicted molar refractivity (Wildman–Crippen MR) is 74.6 cm³/mol. The molecule has 0 aliphatic carbocycles. The predicted octanol–water partition coefficient (Wildman–Crippen LogP) is 3.44. The Hall–Kier alpha value is -2.57. The van der Waals surface area contributed by atoms with Crippen LogP contribution in [0.2, 0.25) is 0 Å². The standard InChI is InChI=1S/C15H13F3N4/c1-11-2-3-13(6-14(11)15(16,17)18)22-8-12(20-10-22)7-21-5-4-19-9-21/h2-6,8-10H,7H2,1H3. The Morgan fingerprint density at radius 3 is 2.68 bits per heavy atom. The number of nitrogens with zero attached hydrogens (tertiary/aromatic N) is 4. The lowest BCUT2D eigenvalue weighted by atomic mass is 10.1. The number of hydrogen-bond donors (Lipinski definition) is 0. The first-order valence-corrected chi connectivity index (χ1v) is 6.60. The Kier molecular flexibility index (Phi) is 3.48. The number of aromatic nitrogens is 4. The van der Waals surface area contributed by atoms with Crippen molar-refractivity contribution in [3.8, 4) is 5.69 Å². The lowest BCUT2D eigenvalue weighted by molar-refractivity contribution is -0.138. The molecule has 0 amide bonds. The second kappa shape index (κ2) is 5.32. The molecule has 0 aliphatic rings. The Bertz CT molecular complexity index is 772. The minimum Gasteiger partial charge on any atom is -0.331 e. The van der Waals surface area contributed by atoms with Gasteiger partial charge in [-0.3, -0.25) is 0 Å². The molecular formula is C15H13F3N4.